The highest BCUT2D eigenvalue weighted by molar-refractivity contribution is 7.54. The summed E-state index contributed by atoms with van der Waals surface area (Å²) in [5.74, 6) is 0. The van der Waals surface area contributed by atoms with Crippen molar-refractivity contribution in [2.75, 3.05) is 0 Å². The minimum Gasteiger partial charge on any atom is -0.320 e. The summed E-state index contributed by atoms with van der Waals surface area (Å²) in [4.78, 5) is 0. The second-order valence-corrected chi connectivity index (χ2v) is 5.31. The normalized spacial score (nSPS) is 19.1. The lowest BCUT2D eigenvalue weighted by atomic mass is 10.4. The van der Waals surface area contributed by atoms with Gasteiger partial charge in [0, 0.05) is 5.66 Å². The average molecular weight is 182 g/mol. The smallest absolute Gasteiger partial charge is 0.126 e. The van der Waals surface area contributed by atoms with Gasteiger partial charge in [0.15, 0.2) is 0 Å². The van der Waals surface area contributed by atoms with E-state index in [2.05, 4.69) is 10.2 Å². The zero-order valence-electron chi connectivity index (χ0n) is 6.95. The van der Waals surface area contributed by atoms with E-state index in [0.717, 1.165) is 18.4 Å². The molecule has 1 fully saturated rings. The molecular formula is C8H11N2OP. The standard InChI is InChI=1S/C8H11N2OP/c1-6-4-8(10-9-5-6)12(11)7-2-3-7/h4-5,7,12H,2-3H2,1H3. The lowest BCUT2D eigenvalue weighted by Gasteiger charge is -1.97. The molecular weight excluding hydrogens is 171 g/mol. The fraction of sp³-hybridized carbons (Fsp3) is 0.500. The van der Waals surface area contributed by atoms with Crippen LogP contribution in [0.5, 0.6) is 0 Å². The Bertz CT molecular complexity index is 323. The van der Waals surface area contributed by atoms with Gasteiger partial charge < -0.3 is 4.57 Å². The number of hydrogen-bond donors (Lipinski definition) is 0. The topological polar surface area (TPSA) is 42.9 Å². The van der Waals surface area contributed by atoms with Gasteiger partial charge in [-0.15, -0.1) is 5.10 Å². The first-order valence-corrected chi connectivity index (χ1v) is 5.59. The molecule has 2 rings (SSSR count). The Kier molecular flexibility index (Phi) is 1.97. The first-order chi connectivity index (χ1) is 5.77. The van der Waals surface area contributed by atoms with Gasteiger partial charge in [-0.2, -0.15) is 5.10 Å². The Balaban J connectivity index is 2.26. The van der Waals surface area contributed by atoms with Gasteiger partial charge in [-0.3, -0.25) is 0 Å². The quantitative estimate of drug-likeness (QED) is 0.644. The summed E-state index contributed by atoms with van der Waals surface area (Å²) in [6.45, 7) is 1.94. The van der Waals surface area contributed by atoms with Crippen molar-refractivity contribution in [3.63, 3.8) is 0 Å². The lowest BCUT2D eigenvalue weighted by molar-refractivity contribution is 0.591. The zero-order valence-corrected chi connectivity index (χ0v) is 7.95. The van der Waals surface area contributed by atoms with Gasteiger partial charge in [0.05, 0.1) is 6.20 Å². The minimum absolute atomic E-state index is 0.422. The Morgan fingerprint density at radius 1 is 1.58 bits per heavy atom. The van der Waals surface area contributed by atoms with E-state index in [1.165, 1.54) is 0 Å². The van der Waals surface area contributed by atoms with Crippen molar-refractivity contribution < 1.29 is 4.57 Å². The number of hydrogen-bond acceptors (Lipinski definition) is 3. The van der Waals surface area contributed by atoms with Crippen molar-refractivity contribution >= 4 is 13.2 Å². The summed E-state index contributed by atoms with van der Waals surface area (Å²) in [6, 6.07) is 1.88. The molecule has 1 aliphatic carbocycles. The van der Waals surface area contributed by atoms with Crippen molar-refractivity contribution in [2.45, 2.75) is 25.4 Å². The second-order valence-electron chi connectivity index (χ2n) is 3.26. The van der Waals surface area contributed by atoms with Crippen molar-refractivity contribution in [3.05, 3.63) is 17.8 Å². The van der Waals surface area contributed by atoms with Crippen molar-refractivity contribution in [1.29, 1.82) is 0 Å². The third-order valence-electron chi connectivity index (χ3n) is 1.99. The molecule has 3 nitrogen and oxygen atoms in total. The van der Waals surface area contributed by atoms with E-state index in [0.29, 0.717) is 11.1 Å². The van der Waals surface area contributed by atoms with Crippen LogP contribution in [0.4, 0.5) is 0 Å². The van der Waals surface area contributed by atoms with E-state index in [-0.39, 0.29) is 0 Å². The summed E-state index contributed by atoms with van der Waals surface area (Å²) in [5.41, 5.74) is 2.17. The van der Waals surface area contributed by atoms with Crippen LogP contribution in [0.1, 0.15) is 18.4 Å². The van der Waals surface area contributed by atoms with Crippen LogP contribution in [0.2, 0.25) is 0 Å². The molecule has 0 spiro atoms. The summed E-state index contributed by atoms with van der Waals surface area (Å²) in [5, 5.41) is 7.67. The fourth-order valence-corrected chi connectivity index (χ4v) is 2.77. The molecule has 64 valence electrons. The largest absolute Gasteiger partial charge is 0.320 e. The van der Waals surface area contributed by atoms with Crippen LogP contribution in [0.15, 0.2) is 12.3 Å². The molecule has 1 unspecified atom stereocenters. The maximum atomic E-state index is 11.6. The summed E-state index contributed by atoms with van der Waals surface area (Å²) >= 11 is 0. The van der Waals surface area contributed by atoms with Gasteiger partial charge in [0.2, 0.25) is 0 Å². The van der Waals surface area contributed by atoms with E-state index in [4.69, 9.17) is 0 Å². The van der Waals surface area contributed by atoms with E-state index in [1.807, 2.05) is 13.0 Å². The molecule has 1 aromatic rings. The van der Waals surface area contributed by atoms with Crippen LogP contribution in [0.3, 0.4) is 0 Å². The third kappa shape index (κ3) is 1.56. The number of aryl methyl sites for hydroxylation is 1. The maximum Gasteiger partial charge on any atom is 0.126 e. The van der Waals surface area contributed by atoms with Crippen LogP contribution in [-0.2, 0) is 4.57 Å². The molecule has 1 aliphatic rings. The van der Waals surface area contributed by atoms with Crippen molar-refractivity contribution in [1.82, 2.24) is 10.2 Å². The Hall–Kier alpha value is -0.690. The van der Waals surface area contributed by atoms with Gasteiger partial charge in [-0.25, -0.2) is 0 Å². The van der Waals surface area contributed by atoms with Crippen molar-refractivity contribution in [3.8, 4) is 0 Å². The summed E-state index contributed by atoms with van der Waals surface area (Å²) < 4.78 is 11.6. The Morgan fingerprint density at radius 3 is 2.92 bits per heavy atom. The van der Waals surface area contributed by atoms with E-state index < -0.39 is 7.80 Å². The fourth-order valence-electron chi connectivity index (χ4n) is 1.14. The van der Waals surface area contributed by atoms with Crippen LogP contribution in [0.25, 0.3) is 0 Å². The van der Waals surface area contributed by atoms with Crippen LogP contribution >= 0.6 is 7.80 Å². The first-order valence-electron chi connectivity index (χ1n) is 4.11. The summed E-state index contributed by atoms with van der Waals surface area (Å²) in [6.07, 6.45) is 3.90. The predicted octanol–water partition coefficient (Wildman–Crippen LogP) is 1.13. The molecule has 1 atom stereocenters. The van der Waals surface area contributed by atoms with Crippen LogP contribution in [0, 0.1) is 6.92 Å². The Morgan fingerprint density at radius 2 is 2.33 bits per heavy atom. The van der Waals surface area contributed by atoms with Gasteiger partial charge in [0.1, 0.15) is 13.2 Å². The third-order valence-corrected chi connectivity index (χ3v) is 4.06. The first kappa shape index (κ1) is 7.93. The maximum absolute atomic E-state index is 11.6. The molecule has 12 heavy (non-hydrogen) atoms. The number of nitrogens with zero attached hydrogens (tertiary/aromatic N) is 2. The van der Waals surface area contributed by atoms with Gasteiger partial charge in [0.25, 0.3) is 0 Å². The Labute approximate surface area is 72.0 Å². The molecule has 0 aromatic carbocycles. The highest BCUT2D eigenvalue weighted by Gasteiger charge is 2.29. The molecule has 0 radical (unpaired) electrons. The second kappa shape index (κ2) is 2.98. The zero-order chi connectivity index (χ0) is 8.55. The lowest BCUT2D eigenvalue weighted by Crippen LogP contribution is -2.06. The van der Waals surface area contributed by atoms with Crippen LogP contribution in [-0.4, -0.2) is 15.9 Å². The number of rotatable bonds is 2. The van der Waals surface area contributed by atoms with E-state index >= 15 is 0 Å². The van der Waals surface area contributed by atoms with Gasteiger partial charge >= 0.3 is 0 Å². The molecule has 4 heteroatoms. The molecule has 0 saturated heterocycles. The van der Waals surface area contributed by atoms with Gasteiger partial charge in [-0.1, -0.05) is 0 Å². The molecule has 0 aliphatic heterocycles. The monoisotopic (exact) mass is 182 g/mol. The highest BCUT2D eigenvalue weighted by atomic mass is 31.1. The van der Waals surface area contributed by atoms with Gasteiger partial charge in [-0.05, 0) is 31.4 Å². The van der Waals surface area contributed by atoms with E-state index in [9.17, 15) is 4.57 Å². The SMILES string of the molecule is Cc1cnnc([PH](=O)C2CC2)c1. The molecule has 1 aromatic heterocycles. The molecule has 0 amide bonds. The molecule has 1 heterocycles. The average Bonchev–Trinajstić information content (AvgIpc) is 2.85. The number of aromatic nitrogens is 2. The molecule has 1 saturated carbocycles. The molecule has 0 bridgehead atoms. The minimum atomic E-state index is -1.62. The predicted molar refractivity (Wildman–Crippen MR) is 48.4 cm³/mol. The highest BCUT2D eigenvalue weighted by Crippen LogP contribution is 2.43. The van der Waals surface area contributed by atoms with E-state index in [1.54, 1.807) is 6.20 Å². The summed E-state index contributed by atoms with van der Waals surface area (Å²) in [7, 11) is -1.62. The molecule has 0 N–H and O–H groups in total. The van der Waals surface area contributed by atoms with Crippen LogP contribution < -0.4 is 5.44 Å². The van der Waals surface area contributed by atoms with Crippen molar-refractivity contribution in [2.24, 2.45) is 0 Å².